The highest BCUT2D eigenvalue weighted by Crippen LogP contribution is 2.54. The Morgan fingerprint density at radius 3 is 2.85 bits per heavy atom. The summed E-state index contributed by atoms with van der Waals surface area (Å²) in [6.45, 7) is 0.370. The average molecular weight is 469 g/mol. The molecule has 5 heterocycles. The minimum absolute atomic E-state index is 0.157. The van der Waals surface area contributed by atoms with Crippen LogP contribution in [0.2, 0.25) is 0 Å². The van der Waals surface area contributed by atoms with Crippen LogP contribution in [-0.2, 0) is 4.74 Å². The van der Waals surface area contributed by atoms with Crippen LogP contribution >= 0.6 is 0 Å². The summed E-state index contributed by atoms with van der Waals surface area (Å²) in [5.74, 6) is -2.65. The summed E-state index contributed by atoms with van der Waals surface area (Å²) in [7, 11) is 1.71. The van der Waals surface area contributed by atoms with E-state index in [4.69, 9.17) is 4.74 Å². The van der Waals surface area contributed by atoms with Crippen LogP contribution in [0, 0.1) is 0 Å². The number of nitrogens with one attached hydrogen (secondary N) is 2. The van der Waals surface area contributed by atoms with Gasteiger partial charge < -0.3 is 25.0 Å². The van der Waals surface area contributed by atoms with Crippen LogP contribution in [0.5, 0.6) is 0 Å². The van der Waals surface area contributed by atoms with E-state index in [-0.39, 0.29) is 30.8 Å². The number of alkyl halides is 2. The van der Waals surface area contributed by atoms with Crippen molar-refractivity contribution >= 4 is 28.4 Å². The number of hydrogen-bond acceptors (Lipinski definition) is 7. The Morgan fingerprint density at radius 2 is 2.15 bits per heavy atom. The van der Waals surface area contributed by atoms with Gasteiger partial charge >= 0.3 is 0 Å². The Balaban J connectivity index is 1.47. The predicted molar refractivity (Wildman–Crippen MR) is 118 cm³/mol. The highest BCUT2D eigenvalue weighted by molar-refractivity contribution is 6.01. The number of ether oxygens (including phenoxy) is 1. The van der Waals surface area contributed by atoms with E-state index in [0.717, 1.165) is 0 Å². The van der Waals surface area contributed by atoms with Gasteiger partial charge in [0.05, 0.1) is 37.3 Å². The Labute approximate surface area is 191 Å². The molecule has 3 N–H and O–H groups in total. The van der Waals surface area contributed by atoms with Crippen molar-refractivity contribution in [2.45, 2.75) is 30.5 Å². The molecule has 176 valence electrons. The van der Waals surface area contributed by atoms with Crippen molar-refractivity contribution in [3.05, 3.63) is 42.4 Å². The first-order valence-corrected chi connectivity index (χ1v) is 10.8. The molecule has 1 saturated carbocycles. The van der Waals surface area contributed by atoms with Crippen LogP contribution in [0.1, 0.15) is 22.8 Å². The zero-order valence-electron chi connectivity index (χ0n) is 18.1. The molecule has 0 unspecified atom stereocenters. The van der Waals surface area contributed by atoms with Gasteiger partial charge in [-0.3, -0.25) is 4.79 Å². The molecule has 6 rings (SSSR count). The highest BCUT2D eigenvalue weighted by Gasteiger charge is 2.58. The zero-order valence-corrected chi connectivity index (χ0v) is 18.1. The van der Waals surface area contributed by atoms with Crippen molar-refractivity contribution in [1.29, 1.82) is 0 Å². The van der Waals surface area contributed by atoms with Gasteiger partial charge in [-0.05, 0) is 12.1 Å². The number of aromatic nitrogens is 5. The van der Waals surface area contributed by atoms with Crippen molar-refractivity contribution in [2.75, 3.05) is 25.6 Å². The monoisotopic (exact) mass is 469 g/mol. The van der Waals surface area contributed by atoms with Gasteiger partial charge in [-0.25, -0.2) is 18.7 Å². The zero-order chi connectivity index (χ0) is 23.6. The second kappa shape index (κ2) is 7.43. The van der Waals surface area contributed by atoms with Gasteiger partial charge in [0.15, 0.2) is 5.65 Å². The number of pyridine rings is 1. The molecule has 1 aliphatic carbocycles. The molecule has 1 saturated heterocycles. The summed E-state index contributed by atoms with van der Waals surface area (Å²) in [6, 6.07) is 3.82. The maximum absolute atomic E-state index is 13.9. The molecule has 4 aromatic rings. The molecule has 0 aromatic carbocycles. The Hall–Kier alpha value is -3.64. The van der Waals surface area contributed by atoms with E-state index in [1.54, 1.807) is 31.6 Å². The molecule has 4 aromatic heterocycles. The lowest BCUT2D eigenvalue weighted by Gasteiger charge is -2.14. The number of hydrogen-bond donors (Lipinski definition) is 3. The molecule has 3 atom stereocenters. The van der Waals surface area contributed by atoms with Gasteiger partial charge in [-0.1, -0.05) is 0 Å². The molecule has 10 nitrogen and oxygen atoms in total. The van der Waals surface area contributed by atoms with E-state index in [1.807, 2.05) is 6.07 Å². The van der Waals surface area contributed by atoms with Crippen LogP contribution in [0.3, 0.4) is 0 Å². The quantitative estimate of drug-likeness (QED) is 0.408. The second-order valence-corrected chi connectivity index (χ2v) is 8.56. The number of anilines is 1. The molecule has 0 radical (unpaired) electrons. The fraction of sp³-hybridized carbons (Fsp3) is 0.364. The molecular weight excluding hydrogens is 448 g/mol. The third kappa shape index (κ3) is 3.21. The van der Waals surface area contributed by atoms with Gasteiger partial charge in [0, 0.05) is 42.9 Å². The highest BCUT2D eigenvalue weighted by atomic mass is 19.3. The fourth-order valence-corrected chi connectivity index (χ4v) is 4.39. The summed E-state index contributed by atoms with van der Waals surface area (Å²) >= 11 is 0. The van der Waals surface area contributed by atoms with Crippen LogP contribution in [0.4, 0.5) is 14.6 Å². The smallest absolute Gasteiger partial charge is 0.270 e. The van der Waals surface area contributed by atoms with Crippen molar-refractivity contribution in [3.63, 3.8) is 0 Å². The summed E-state index contributed by atoms with van der Waals surface area (Å²) in [6.07, 6.45) is 3.59. The molecule has 2 fully saturated rings. The van der Waals surface area contributed by atoms with E-state index in [9.17, 15) is 18.7 Å². The second-order valence-electron chi connectivity index (χ2n) is 8.56. The van der Waals surface area contributed by atoms with Gasteiger partial charge in [0.1, 0.15) is 23.1 Å². The van der Waals surface area contributed by atoms with E-state index in [1.165, 1.54) is 15.3 Å². The number of aliphatic hydroxyl groups is 1. The van der Waals surface area contributed by atoms with Crippen LogP contribution in [0.25, 0.3) is 27.9 Å². The van der Waals surface area contributed by atoms with Gasteiger partial charge in [-0.2, -0.15) is 9.61 Å². The number of rotatable bonds is 5. The summed E-state index contributed by atoms with van der Waals surface area (Å²) in [5.41, 5.74) is 2.06. The molecular formula is C22H21F2N7O3. The Kier molecular flexibility index (Phi) is 4.58. The molecule has 12 heteroatoms. The lowest BCUT2D eigenvalue weighted by atomic mass is 10.1. The van der Waals surface area contributed by atoms with Crippen molar-refractivity contribution in [3.8, 4) is 11.3 Å². The first kappa shape index (κ1) is 20.9. The number of nitrogens with zero attached hydrogens (tertiary/aromatic N) is 5. The van der Waals surface area contributed by atoms with Crippen LogP contribution in [0.15, 0.2) is 36.8 Å². The van der Waals surface area contributed by atoms with Crippen LogP contribution < -0.4 is 10.6 Å². The number of aliphatic hydroxyl groups excluding tert-OH is 1. The molecule has 0 bridgehead atoms. The maximum atomic E-state index is 13.9. The molecule has 2 aliphatic rings. The Bertz CT molecular complexity index is 1430. The standard InChI is InChI=1S/C22H21F2N7O3/c1-25-18-5-14(13-8-30(17-6-22(17,23)24)19-11(13)3-2-4-26-19)28-20-12(7-27-31(18)20)21(33)29-15-9-34-10-16(15)32/h2-5,7-8,15-17,25,32H,6,9-10H2,1H3,(H,29,33)/t15-,16+,17-/m1/s1. The summed E-state index contributed by atoms with van der Waals surface area (Å²) in [5, 5.41) is 20.7. The number of amides is 1. The van der Waals surface area contributed by atoms with Gasteiger partial charge in [0.25, 0.3) is 11.8 Å². The minimum Gasteiger partial charge on any atom is -0.388 e. The van der Waals surface area contributed by atoms with E-state index < -0.39 is 30.0 Å². The fourth-order valence-electron chi connectivity index (χ4n) is 4.39. The van der Waals surface area contributed by atoms with Crippen molar-refractivity contribution in [1.82, 2.24) is 29.5 Å². The molecule has 1 aliphatic heterocycles. The minimum atomic E-state index is -2.76. The van der Waals surface area contributed by atoms with E-state index in [2.05, 4.69) is 25.7 Å². The maximum Gasteiger partial charge on any atom is 0.270 e. The summed E-state index contributed by atoms with van der Waals surface area (Å²) in [4.78, 5) is 22.0. The average Bonchev–Trinajstić information content (AvgIpc) is 3.22. The van der Waals surface area contributed by atoms with Crippen molar-refractivity contribution in [2.24, 2.45) is 0 Å². The molecule has 1 amide bonds. The van der Waals surface area contributed by atoms with Gasteiger partial charge in [0.2, 0.25) is 0 Å². The van der Waals surface area contributed by atoms with Crippen molar-refractivity contribution < 1.29 is 23.4 Å². The molecule has 0 spiro atoms. The SMILES string of the molecule is CNc1cc(-c2cn([C@@H]3CC3(F)F)c3ncccc23)nc2c(C(=O)N[C@@H]3COC[C@@H]3O)cnn12. The van der Waals surface area contributed by atoms with Crippen LogP contribution in [-0.4, -0.2) is 73.5 Å². The predicted octanol–water partition coefficient (Wildman–Crippen LogP) is 1.86. The normalized spacial score (nSPS) is 23.5. The lowest BCUT2D eigenvalue weighted by Crippen LogP contribution is -2.42. The third-order valence-electron chi connectivity index (χ3n) is 6.33. The first-order chi connectivity index (χ1) is 16.4. The number of carbonyl (C=O) groups is 1. The third-order valence-corrected chi connectivity index (χ3v) is 6.33. The first-order valence-electron chi connectivity index (χ1n) is 10.8. The largest absolute Gasteiger partial charge is 0.388 e. The Morgan fingerprint density at radius 1 is 1.32 bits per heavy atom. The topological polar surface area (TPSA) is 119 Å². The van der Waals surface area contributed by atoms with E-state index >= 15 is 0 Å². The summed E-state index contributed by atoms with van der Waals surface area (Å²) < 4.78 is 36.0. The lowest BCUT2D eigenvalue weighted by molar-refractivity contribution is 0.0887. The number of halogens is 2. The number of carbonyl (C=O) groups excluding carboxylic acids is 1. The van der Waals surface area contributed by atoms with E-state index in [0.29, 0.717) is 28.1 Å². The molecule has 34 heavy (non-hydrogen) atoms. The number of fused-ring (bicyclic) bond motifs is 2. The van der Waals surface area contributed by atoms with Gasteiger partial charge in [-0.15, -0.1) is 0 Å².